The first kappa shape index (κ1) is 24.6. The number of hydrogen-bond donors (Lipinski definition) is 1. The van der Waals surface area contributed by atoms with E-state index in [4.69, 9.17) is 9.90 Å². The number of aliphatic carboxylic acids is 1. The Bertz CT molecular complexity index is 35.9. The fourth-order valence-corrected chi connectivity index (χ4v) is 0. The van der Waals surface area contributed by atoms with Gasteiger partial charge in [-0.2, -0.15) is 0 Å². The summed E-state index contributed by atoms with van der Waals surface area (Å²) < 4.78 is 0. The zero-order valence-electron chi connectivity index (χ0n) is 4.27. The molecule has 40 valence electrons. The molecule has 0 unspecified atom stereocenters. The van der Waals surface area contributed by atoms with Crippen LogP contribution in [0, 0.1) is 0 Å². The van der Waals surface area contributed by atoms with Crippen molar-refractivity contribution < 1.29 is 34.9 Å². The van der Waals surface area contributed by atoms with Crippen molar-refractivity contribution in [2.45, 2.75) is 6.92 Å². The van der Waals surface area contributed by atoms with Crippen molar-refractivity contribution in [3.05, 3.63) is 0 Å². The molecule has 0 amide bonds. The molecule has 2 radical (unpaired) electrons. The normalized spacial score (nSPS) is 3.57. The molecule has 0 aliphatic rings. The van der Waals surface area contributed by atoms with Crippen LogP contribution in [0.5, 0.6) is 0 Å². The molecule has 7 heavy (non-hydrogen) atoms. The largest absolute Gasteiger partial charge is 0 e. The Balaban J connectivity index is -0.0000000150. The predicted molar refractivity (Wildman–Crippen MR) is 25.5 cm³/mol. The third kappa shape index (κ3) is 181. The molecule has 0 aromatic rings. The maximum atomic E-state index is 9.00. The number of carbonyl (C=O) groups is 1. The van der Waals surface area contributed by atoms with E-state index in [0.29, 0.717) is 0 Å². The van der Waals surface area contributed by atoms with E-state index in [1.165, 1.54) is 0 Å². The molecule has 0 aliphatic heterocycles. The summed E-state index contributed by atoms with van der Waals surface area (Å²) in [6.07, 6.45) is 0. The Labute approximate surface area is 74.7 Å². The molecule has 0 bridgehead atoms. The summed E-state index contributed by atoms with van der Waals surface area (Å²) >= 11 is 0. The minimum Gasteiger partial charge on any atom is 0 e. The quantitative estimate of drug-likeness (QED) is 0.531. The average molecular weight is 353 g/mol. The molecule has 0 spiro atoms. The third-order valence-corrected chi connectivity index (χ3v) is 0. The third-order valence-electron chi connectivity index (χ3n) is 0. The first-order chi connectivity index (χ1) is 1.73. The topological polar surface area (TPSA) is 68.8 Å². The smallest absolute Gasteiger partial charge is 0 e. The van der Waals surface area contributed by atoms with E-state index in [1.54, 1.807) is 0 Å². The number of carboxylic acids is 1. The fourth-order valence-electron chi connectivity index (χ4n) is 0. The van der Waals surface area contributed by atoms with Crippen molar-refractivity contribution >= 4 is 33.3 Å². The Morgan fingerprint density at radius 1 is 1.57 bits per heavy atom. The minimum atomic E-state index is -0.833. The van der Waals surface area contributed by atoms with Crippen molar-refractivity contribution in [3.8, 4) is 0 Å². The molecular weight excluding hydrogens is 345 g/mol. The molecule has 0 saturated heterocycles. The monoisotopic (exact) mass is 352 g/mol. The second kappa shape index (κ2) is 15.8. The molecule has 0 saturated carbocycles. The second-order valence-corrected chi connectivity index (χ2v) is 0.519. The van der Waals surface area contributed by atoms with Gasteiger partial charge in [-0.15, -0.1) is 0 Å². The van der Waals surface area contributed by atoms with E-state index in [-0.39, 0.29) is 52.3 Å². The van der Waals surface area contributed by atoms with Crippen molar-refractivity contribution in [2.24, 2.45) is 0 Å². The molecule has 0 aromatic carbocycles. The van der Waals surface area contributed by atoms with Gasteiger partial charge in [0.05, 0.1) is 0 Å². The molecule has 0 heterocycles. The summed E-state index contributed by atoms with van der Waals surface area (Å²) in [4.78, 5) is 9.00. The maximum absolute atomic E-state index is 9.00. The Morgan fingerprint density at radius 2 is 1.57 bits per heavy atom. The van der Waals surface area contributed by atoms with E-state index in [9.17, 15) is 0 Å². The summed E-state index contributed by atoms with van der Waals surface area (Å²) in [5.41, 5.74) is 0. The molecule has 0 aliphatic carbocycles. The van der Waals surface area contributed by atoms with E-state index < -0.39 is 5.97 Å². The van der Waals surface area contributed by atoms with Crippen molar-refractivity contribution in [2.75, 3.05) is 0 Å². The van der Waals surface area contributed by atoms with Crippen LogP contribution in [-0.4, -0.2) is 43.9 Å². The summed E-state index contributed by atoms with van der Waals surface area (Å²) in [5.74, 6) is -0.833. The van der Waals surface area contributed by atoms with Gasteiger partial charge in [0.2, 0.25) is 0 Å². The van der Waals surface area contributed by atoms with Crippen LogP contribution in [0.3, 0.4) is 0 Å². The molecule has 0 rings (SSSR count). The fraction of sp³-hybridized carbons (Fsp3) is 0.500. The van der Waals surface area contributed by atoms with Crippen molar-refractivity contribution in [1.29, 1.82) is 0 Å². The van der Waals surface area contributed by atoms with Gasteiger partial charge in [0, 0.05) is 26.4 Å². The molecule has 5 heteroatoms. The van der Waals surface area contributed by atoms with E-state index in [0.717, 1.165) is 6.92 Å². The minimum absolute atomic E-state index is 0. The van der Waals surface area contributed by atoms with Gasteiger partial charge in [-0.1, -0.05) is 0 Å². The van der Waals surface area contributed by atoms with Gasteiger partial charge in [0.25, 0.3) is 5.97 Å². The predicted octanol–water partition coefficient (Wildman–Crippen LogP) is -1.65. The van der Waals surface area contributed by atoms with Crippen LogP contribution < -0.4 is 0 Å². The first-order valence-electron chi connectivity index (χ1n) is 0.928. The standard InChI is InChI=1S/C2H4O2.H2O.Pb.Zn.2H/c1-2(3)4;;;;;/h1H3,(H,3,4);1H2;;;;. The molecule has 3 N–H and O–H groups in total. The van der Waals surface area contributed by atoms with Crippen LogP contribution in [0.4, 0.5) is 0 Å². The molecule has 0 fully saturated rings. The Hall–Kier alpha value is 0.975. The van der Waals surface area contributed by atoms with Gasteiger partial charge < -0.3 is 10.6 Å². The van der Waals surface area contributed by atoms with Crippen LogP contribution in [0.25, 0.3) is 0 Å². The second-order valence-electron chi connectivity index (χ2n) is 0.519. The van der Waals surface area contributed by atoms with Gasteiger partial charge in [-0.25, -0.2) is 0 Å². The van der Waals surface area contributed by atoms with Crippen molar-refractivity contribution in [1.82, 2.24) is 0 Å². The Kier molecular flexibility index (Phi) is 55.3. The SMILES string of the molecule is CC(=O)O.O.[PbH2].[Zn]. The van der Waals surface area contributed by atoms with E-state index in [1.807, 2.05) is 0 Å². The van der Waals surface area contributed by atoms with Crippen molar-refractivity contribution in [3.63, 3.8) is 0 Å². The van der Waals surface area contributed by atoms with Gasteiger partial charge in [-0.3, -0.25) is 4.79 Å². The molecule has 0 aromatic heterocycles. The van der Waals surface area contributed by atoms with Crippen LogP contribution in [0.1, 0.15) is 6.92 Å². The summed E-state index contributed by atoms with van der Waals surface area (Å²) in [5, 5.41) is 7.42. The Morgan fingerprint density at radius 3 is 1.57 bits per heavy atom. The van der Waals surface area contributed by atoms with Gasteiger partial charge in [-0.05, 0) is 0 Å². The van der Waals surface area contributed by atoms with E-state index >= 15 is 0 Å². The summed E-state index contributed by atoms with van der Waals surface area (Å²) in [6.45, 7) is 1.08. The van der Waals surface area contributed by atoms with Crippen LogP contribution in [0.2, 0.25) is 0 Å². The van der Waals surface area contributed by atoms with E-state index in [2.05, 4.69) is 0 Å². The van der Waals surface area contributed by atoms with Crippen LogP contribution >= 0.6 is 0 Å². The zero-order valence-corrected chi connectivity index (χ0v) is 12.7. The van der Waals surface area contributed by atoms with Crippen LogP contribution in [-0.2, 0) is 24.3 Å². The molecule has 0 atom stereocenters. The number of hydrogen-bond acceptors (Lipinski definition) is 1. The number of rotatable bonds is 0. The van der Waals surface area contributed by atoms with Gasteiger partial charge in [0.15, 0.2) is 0 Å². The summed E-state index contributed by atoms with van der Waals surface area (Å²) in [6, 6.07) is 0. The molecule has 3 nitrogen and oxygen atoms in total. The summed E-state index contributed by atoms with van der Waals surface area (Å²) in [7, 11) is 0. The molecular formula is C2H8O3PbZn. The number of carboxylic acid groups (broad SMARTS) is 1. The van der Waals surface area contributed by atoms with Gasteiger partial charge in [0.1, 0.15) is 0 Å². The van der Waals surface area contributed by atoms with Gasteiger partial charge >= 0.3 is 27.3 Å². The zero-order chi connectivity index (χ0) is 3.58. The maximum Gasteiger partial charge on any atom is 0 e. The average Bonchev–Trinajstić information content (AvgIpc) is 0.811. The van der Waals surface area contributed by atoms with Crippen LogP contribution in [0.15, 0.2) is 0 Å². The first-order valence-corrected chi connectivity index (χ1v) is 0.928.